The van der Waals surface area contributed by atoms with E-state index in [0.717, 1.165) is 0 Å². The Hall–Kier alpha value is -2.17. The summed E-state index contributed by atoms with van der Waals surface area (Å²) >= 11 is 0. The average molecular weight is 301 g/mol. The van der Waals surface area contributed by atoms with Crippen LogP contribution >= 0.6 is 0 Å². The topological polar surface area (TPSA) is 63.7 Å². The van der Waals surface area contributed by atoms with Crippen LogP contribution in [0.2, 0.25) is 0 Å². The van der Waals surface area contributed by atoms with Crippen LogP contribution in [0.15, 0.2) is 24.3 Å². The second kappa shape index (κ2) is 5.91. The first-order valence-corrected chi connectivity index (χ1v) is 7.59. The van der Waals surface area contributed by atoms with E-state index < -0.39 is 0 Å². The maximum Gasteiger partial charge on any atom is 0.222 e. The van der Waals surface area contributed by atoms with Crippen molar-refractivity contribution in [2.24, 2.45) is 5.92 Å². The number of carbonyl (C=O) groups is 3. The number of amides is 1. The number of nitrogens with zero attached hydrogens (tertiary/aromatic N) is 1. The summed E-state index contributed by atoms with van der Waals surface area (Å²) in [6, 6.07) is 6.82. The third-order valence-corrected chi connectivity index (χ3v) is 4.67. The maximum atomic E-state index is 12.4. The van der Waals surface area contributed by atoms with Crippen molar-refractivity contribution in [3.05, 3.63) is 29.8 Å². The lowest BCUT2D eigenvalue weighted by molar-refractivity contribution is -0.136. The van der Waals surface area contributed by atoms with E-state index in [2.05, 4.69) is 0 Å². The molecule has 5 heteroatoms. The molecule has 116 valence electrons. The number of Topliss-reactive ketones (excluding diaryl/α,β-unsaturated/α-hetero) is 2. The largest absolute Gasteiger partial charge is 0.497 e. The Bertz CT molecular complexity index is 608. The van der Waals surface area contributed by atoms with Gasteiger partial charge in [0.15, 0.2) is 5.78 Å². The summed E-state index contributed by atoms with van der Waals surface area (Å²) in [5.74, 6) is 0.507. The first kappa shape index (κ1) is 14.8. The summed E-state index contributed by atoms with van der Waals surface area (Å²) < 4.78 is 5.07. The highest BCUT2D eigenvalue weighted by molar-refractivity contribution is 6.00. The Morgan fingerprint density at radius 1 is 1.23 bits per heavy atom. The molecule has 0 spiro atoms. The molecule has 2 fully saturated rings. The van der Waals surface area contributed by atoms with Gasteiger partial charge >= 0.3 is 0 Å². The molecule has 2 aliphatic heterocycles. The van der Waals surface area contributed by atoms with E-state index in [1.807, 2.05) is 0 Å². The molecule has 0 aromatic heterocycles. The van der Waals surface area contributed by atoms with Crippen molar-refractivity contribution in [3.8, 4) is 5.75 Å². The predicted octanol–water partition coefficient (Wildman–Crippen LogP) is 1.85. The van der Waals surface area contributed by atoms with Gasteiger partial charge in [-0.3, -0.25) is 14.4 Å². The van der Waals surface area contributed by atoms with Gasteiger partial charge in [0, 0.05) is 43.3 Å². The number of piperidine rings is 1. The fourth-order valence-electron chi connectivity index (χ4n) is 3.44. The fourth-order valence-corrected chi connectivity index (χ4v) is 3.44. The Balaban J connectivity index is 1.74. The fraction of sp³-hybridized carbons (Fsp3) is 0.471. The number of carbonyl (C=O) groups excluding carboxylic acids is 3. The molecule has 3 rings (SSSR count). The SMILES string of the molecule is COc1ccc(C(=O)CC2C(=O)CCN3C(=O)CC[C@H]23)cc1. The number of fused-ring (bicyclic) bond motifs is 1. The Labute approximate surface area is 129 Å². The Morgan fingerprint density at radius 2 is 1.95 bits per heavy atom. The van der Waals surface area contributed by atoms with E-state index in [1.54, 1.807) is 36.3 Å². The number of ketones is 2. The third kappa shape index (κ3) is 2.63. The van der Waals surface area contributed by atoms with E-state index in [4.69, 9.17) is 4.74 Å². The van der Waals surface area contributed by atoms with Crippen LogP contribution in [0.1, 0.15) is 36.0 Å². The van der Waals surface area contributed by atoms with Crippen molar-refractivity contribution in [3.63, 3.8) is 0 Å². The highest BCUT2D eigenvalue weighted by Gasteiger charge is 2.43. The normalized spacial score (nSPS) is 24.3. The number of benzene rings is 1. The number of hydrogen-bond acceptors (Lipinski definition) is 4. The molecule has 0 aliphatic carbocycles. The molecule has 0 radical (unpaired) electrons. The summed E-state index contributed by atoms with van der Waals surface area (Å²) in [7, 11) is 1.57. The van der Waals surface area contributed by atoms with E-state index in [1.165, 1.54) is 0 Å². The second-order valence-corrected chi connectivity index (χ2v) is 5.87. The van der Waals surface area contributed by atoms with Gasteiger partial charge in [-0.1, -0.05) is 0 Å². The molecule has 1 amide bonds. The van der Waals surface area contributed by atoms with Crippen LogP contribution in [0.5, 0.6) is 5.75 Å². The minimum Gasteiger partial charge on any atom is -0.497 e. The summed E-state index contributed by atoms with van der Waals surface area (Å²) in [4.78, 5) is 38.2. The standard InChI is InChI=1S/C17H19NO4/c1-22-12-4-2-11(3-5-12)16(20)10-13-14-6-7-17(21)18(14)9-8-15(13)19/h2-5,13-14H,6-10H2,1H3/t13?,14-/m1/s1. The third-order valence-electron chi connectivity index (χ3n) is 4.67. The lowest BCUT2D eigenvalue weighted by atomic mass is 9.83. The molecule has 5 nitrogen and oxygen atoms in total. The monoisotopic (exact) mass is 301 g/mol. The molecule has 1 aromatic carbocycles. The smallest absolute Gasteiger partial charge is 0.222 e. The van der Waals surface area contributed by atoms with Gasteiger partial charge in [0.05, 0.1) is 7.11 Å². The number of hydrogen-bond donors (Lipinski definition) is 0. The first-order valence-electron chi connectivity index (χ1n) is 7.59. The summed E-state index contributed by atoms with van der Waals surface area (Å²) in [6.07, 6.45) is 1.72. The lowest BCUT2D eigenvalue weighted by Gasteiger charge is -2.35. The van der Waals surface area contributed by atoms with Gasteiger partial charge in [-0.2, -0.15) is 0 Å². The van der Waals surface area contributed by atoms with Crippen LogP contribution in [0, 0.1) is 5.92 Å². The van der Waals surface area contributed by atoms with E-state index in [-0.39, 0.29) is 35.9 Å². The minimum absolute atomic E-state index is 0.0535. The highest BCUT2D eigenvalue weighted by Crippen LogP contribution is 2.33. The molecule has 0 N–H and O–H groups in total. The van der Waals surface area contributed by atoms with E-state index in [9.17, 15) is 14.4 Å². The molecule has 2 aliphatic rings. The average Bonchev–Trinajstić information content (AvgIpc) is 2.91. The second-order valence-electron chi connectivity index (χ2n) is 5.87. The molecule has 0 saturated carbocycles. The van der Waals surface area contributed by atoms with Crippen LogP contribution in [0.3, 0.4) is 0 Å². The molecule has 0 bridgehead atoms. The van der Waals surface area contributed by atoms with Crippen LogP contribution < -0.4 is 4.74 Å². The van der Waals surface area contributed by atoms with Crippen molar-refractivity contribution < 1.29 is 19.1 Å². The lowest BCUT2D eigenvalue weighted by Crippen LogP contribution is -2.48. The van der Waals surface area contributed by atoms with Gasteiger partial charge in [0.2, 0.25) is 5.91 Å². The zero-order chi connectivity index (χ0) is 15.7. The van der Waals surface area contributed by atoms with Crippen molar-refractivity contribution in [1.29, 1.82) is 0 Å². The van der Waals surface area contributed by atoms with Crippen LogP contribution in [0.4, 0.5) is 0 Å². The number of ether oxygens (including phenoxy) is 1. The van der Waals surface area contributed by atoms with Gasteiger partial charge in [0.1, 0.15) is 11.5 Å². The van der Waals surface area contributed by atoms with Gasteiger partial charge in [-0.05, 0) is 30.7 Å². The van der Waals surface area contributed by atoms with Crippen molar-refractivity contribution in [1.82, 2.24) is 4.90 Å². The molecule has 2 heterocycles. The Kier molecular flexibility index (Phi) is 3.96. The van der Waals surface area contributed by atoms with Crippen molar-refractivity contribution >= 4 is 17.5 Å². The predicted molar refractivity (Wildman–Crippen MR) is 79.8 cm³/mol. The zero-order valence-electron chi connectivity index (χ0n) is 12.6. The van der Waals surface area contributed by atoms with Crippen LogP contribution in [-0.2, 0) is 9.59 Å². The van der Waals surface area contributed by atoms with Gasteiger partial charge in [0.25, 0.3) is 0 Å². The van der Waals surface area contributed by atoms with Crippen LogP contribution in [0.25, 0.3) is 0 Å². The highest BCUT2D eigenvalue weighted by atomic mass is 16.5. The van der Waals surface area contributed by atoms with Crippen LogP contribution in [-0.4, -0.2) is 42.1 Å². The number of methoxy groups -OCH3 is 1. The Morgan fingerprint density at radius 3 is 2.64 bits per heavy atom. The van der Waals surface area contributed by atoms with Crippen molar-refractivity contribution in [2.75, 3.05) is 13.7 Å². The van der Waals surface area contributed by atoms with Crippen molar-refractivity contribution in [2.45, 2.75) is 31.7 Å². The van der Waals surface area contributed by atoms with E-state index >= 15 is 0 Å². The van der Waals surface area contributed by atoms with Gasteiger partial charge < -0.3 is 9.64 Å². The molecule has 1 unspecified atom stereocenters. The molecule has 22 heavy (non-hydrogen) atoms. The van der Waals surface area contributed by atoms with Gasteiger partial charge in [-0.25, -0.2) is 0 Å². The number of rotatable bonds is 4. The molecular formula is C17H19NO4. The summed E-state index contributed by atoms with van der Waals surface area (Å²) in [5, 5.41) is 0. The zero-order valence-corrected chi connectivity index (χ0v) is 12.6. The first-order chi connectivity index (χ1) is 10.6. The quantitative estimate of drug-likeness (QED) is 0.796. The summed E-state index contributed by atoms with van der Waals surface area (Å²) in [5.41, 5.74) is 0.579. The van der Waals surface area contributed by atoms with Gasteiger partial charge in [-0.15, -0.1) is 0 Å². The molecule has 1 aromatic rings. The minimum atomic E-state index is -0.352. The molecular weight excluding hydrogens is 282 g/mol. The molecule has 2 saturated heterocycles. The van der Waals surface area contributed by atoms with E-state index in [0.29, 0.717) is 37.1 Å². The molecule has 2 atom stereocenters. The summed E-state index contributed by atoms with van der Waals surface area (Å²) in [6.45, 7) is 0.509. The maximum absolute atomic E-state index is 12.4.